The molecule has 1 saturated heterocycles. The average Bonchev–Trinajstić information content (AvgIpc) is 3.13. The Morgan fingerprint density at radius 3 is 2.67 bits per heavy atom. The molecule has 2 N–H and O–H groups in total. The summed E-state index contributed by atoms with van der Waals surface area (Å²) in [4.78, 5) is 14.6. The lowest BCUT2D eigenvalue weighted by atomic mass is 9.91. The molecule has 3 rings (SSSR count). The Kier molecular flexibility index (Phi) is 5.26. The van der Waals surface area contributed by atoms with Crippen LogP contribution in [0.25, 0.3) is 0 Å². The van der Waals surface area contributed by atoms with Crippen LogP contribution in [0.1, 0.15) is 32.3 Å². The molecule has 2 fully saturated rings. The van der Waals surface area contributed by atoms with Crippen molar-refractivity contribution < 1.29 is 4.79 Å². The van der Waals surface area contributed by atoms with E-state index in [1.807, 2.05) is 13.8 Å². The van der Waals surface area contributed by atoms with Crippen LogP contribution in [0.5, 0.6) is 0 Å². The highest BCUT2D eigenvalue weighted by atomic mass is 16.2. The van der Waals surface area contributed by atoms with Crippen molar-refractivity contribution >= 4 is 5.91 Å². The summed E-state index contributed by atoms with van der Waals surface area (Å²) in [6, 6.07) is 11.3. The maximum absolute atomic E-state index is 12.0. The van der Waals surface area contributed by atoms with E-state index >= 15 is 0 Å². The first kappa shape index (κ1) is 17.4. The second-order valence-electron chi connectivity index (χ2n) is 8.13. The van der Waals surface area contributed by atoms with Gasteiger partial charge in [-0.3, -0.25) is 9.69 Å². The van der Waals surface area contributed by atoms with Crippen molar-refractivity contribution in [3.05, 3.63) is 35.9 Å². The van der Waals surface area contributed by atoms with Crippen molar-refractivity contribution in [2.45, 2.75) is 39.3 Å². The maximum atomic E-state index is 12.0. The van der Waals surface area contributed by atoms with Crippen LogP contribution < -0.4 is 10.6 Å². The fourth-order valence-electron chi connectivity index (χ4n) is 4.39. The predicted molar refractivity (Wildman–Crippen MR) is 97.6 cm³/mol. The Labute approximate surface area is 146 Å². The summed E-state index contributed by atoms with van der Waals surface area (Å²) in [6.45, 7) is 8.24. The summed E-state index contributed by atoms with van der Waals surface area (Å²) in [6.07, 6.45) is 2.56. The van der Waals surface area contributed by atoms with Gasteiger partial charge in [0.2, 0.25) is 5.91 Å². The Balaban J connectivity index is 1.53. The van der Waals surface area contributed by atoms with Gasteiger partial charge in [-0.1, -0.05) is 30.3 Å². The number of hydrogen-bond acceptors (Lipinski definition) is 3. The van der Waals surface area contributed by atoms with Crippen LogP contribution in [0.4, 0.5) is 0 Å². The molecule has 0 spiro atoms. The number of benzene rings is 1. The molecular weight excluding hydrogens is 298 g/mol. The summed E-state index contributed by atoms with van der Waals surface area (Å²) in [7, 11) is 1.72. The summed E-state index contributed by atoms with van der Waals surface area (Å²) in [5.74, 6) is 1.66. The van der Waals surface area contributed by atoms with Crippen molar-refractivity contribution in [1.82, 2.24) is 15.5 Å². The number of amides is 1. The quantitative estimate of drug-likeness (QED) is 0.841. The third-order valence-corrected chi connectivity index (χ3v) is 5.83. The normalized spacial score (nSPS) is 27.2. The van der Waals surface area contributed by atoms with Gasteiger partial charge in [-0.25, -0.2) is 0 Å². The molecule has 0 radical (unpaired) electrons. The molecule has 3 unspecified atom stereocenters. The molecule has 1 aromatic rings. The Hall–Kier alpha value is -1.39. The summed E-state index contributed by atoms with van der Waals surface area (Å²) < 4.78 is 0. The number of nitrogens with one attached hydrogen (secondary N) is 2. The third kappa shape index (κ3) is 3.81. The first-order valence-corrected chi connectivity index (χ1v) is 9.21. The van der Waals surface area contributed by atoms with Gasteiger partial charge in [0.1, 0.15) is 0 Å². The zero-order valence-electron chi connectivity index (χ0n) is 15.2. The van der Waals surface area contributed by atoms with E-state index in [1.165, 1.54) is 31.5 Å². The van der Waals surface area contributed by atoms with E-state index in [9.17, 15) is 4.79 Å². The molecule has 1 heterocycles. The van der Waals surface area contributed by atoms with E-state index in [-0.39, 0.29) is 11.3 Å². The van der Waals surface area contributed by atoms with Gasteiger partial charge in [-0.15, -0.1) is 0 Å². The molecule has 1 saturated carbocycles. The largest absolute Gasteiger partial charge is 0.359 e. The van der Waals surface area contributed by atoms with Gasteiger partial charge in [-0.05, 0) is 44.1 Å². The van der Waals surface area contributed by atoms with Crippen LogP contribution in [-0.4, -0.2) is 43.5 Å². The molecule has 0 bridgehead atoms. The van der Waals surface area contributed by atoms with E-state index in [4.69, 9.17) is 0 Å². The molecule has 132 valence electrons. The van der Waals surface area contributed by atoms with Gasteiger partial charge in [0.25, 0.3) is 0 Å². The van der Waals surface area contributed by atoms with Crippen LogP contribution in [-0.2, 0) is 11.3 Å². The summed E-state index contributed by atoms with van der Waals surface area (Å²) in [5.41, 5.74) is 1.05. The van der Waals surface area contributed by atoms with Crippen LogP contribution >= 0.6 is 0 Å². The smallest absolute Gasteiger partial charge is 0.226 e. The molecule has 3 atom stereocenters. The first-order chi connectivity index (χ1) is 11.5. The first-order valence-electron chi connectivity index (χ1n) is 9.21. The number of fused-ring (bicyclic) bond motifs is 1. The van der Waals surface area contributed by atoms with Crippen LogP contribution in [0.15, 0.2) is 30.3 Å². The van der Waals surface area contributed by atoms with E-state index < -0.39 is 0 Å². The lowest BCUT2D eigenvalue weighted by Crippen LogP contribution is -2.46. The van der Waals surface area contributed by atoms with E-state index in [0.29, 0.717) is 6.04 Å². The number of carbonyl (C=O) groups excluding carboxylic acids is 1. The minimum absolute atomic E-state index is 0.113. The van der Waals surface area contributed by atoms with Crippen molar-refractivity contribution in [3.8, 4) is 0 Å². The van der Waals surface area contributed by atoms with Crippen molar-refractivity contribution in [2.75, 3.05) is 26.7 Å². The van der Waals surface area contributed by atoms with Gasteiger partial charge in [0.05, 0.1) is 5.41 Å². The fourth-order valence-corrected chi connectivity index (χ4v) is 4.39. The van der Waals surface area contributed by atoms with Crippen LogP contribution in [0, 0.1) is 17.3 Å². The minimum Gasteiger partial charge on any atom is -0.359 e. The number of rotatable bonds is 6. The molecule has 24 heavy (non-hydrogen) atoms. The number of nitrogens with zero attached hydrogens (tertiary/aromatic N) is 1. The molecule has 1 aliphatic carbocycles. The Morgan fingerprint density at radius 1 is 1.21 bits per heavy atom. The Morgan fingerprint density at radius 2 is 1.96 bits per heavy atom. The van der Waals surface area contributed by atoms with Crippen molar-refractivity contribution in [3.63, 3.8) is 0 Å². The standard InChI is InChI=1S/C20H31N3O/c1-20(2,19(24)21-3)14-22-18-10-9-16-12-23(13-17(16)18)11-15-7-5-4-6-8-15/h4-8,16-18,22H,9-14H2,1-3H3,(H,21,24). The van der Waals surface area contributed by atoms with E-state index in [0.717, 1.165) is 24.9 Å². The van der Waals surface area contributed by atoms with Crippen LogP contribution in [0.3, 0.4) is 0 Å². The van der Waals surface area contributed by atoms with Crippen LogP contribution in [0.2, 0.25) is 0 Å². The highest BCUT2D eigenvalue weighted by Crippen LogP contribution is 2.39. The second kappa shape index (κ2) is 7.24. The maximum Gasteiger partial charge on any atom is 0.226 e. The van der Waals surface area contributed by atoms with Gasteiger partial charge in [0.15, 0.2) is 0 Å². The molecule has 1 aromatic carbocycles. The second-order valence-corrected chi connectivity index (χ2v) is 8.13. The van der Waals surface area contributed by atoms with Crippen molar-refractivity contribution in [1.29, 1.82) is 0 Å². The monoisotopic (exact) mass is 329 g/mol. The average molecular weight is 329 g/mol. The third-order valence-electron chi connectivity index (χ3n) is 5.83. The van der Waals surface area contributed by atoms with Gasteiger partial charge < -0.3 is 10.6 Å². The number of hydrogen-bond donors (Lipinski definition) is 2. The zero-order chi connectivity index (χ0) is 17.2. The lowest BCUT2D eigenvalue weighted by Gasteiger charge is -2.28. The SMILES string of the molecule is CNC(=O)C(C)(C)CNC1CCC2CN(Cc3ccccc3)CC21. The van der Waals surface area contributed by atoms with E-state index in [2.05, 4.69) is 45.9 Å². The summed E-state index contributed by atoms with van der Waals surface area (Å²) in [5, 5.41) is 6.48. The molecule has 4 heteroatoms. The molecule has 4 nitrogen and oxygen atoms in total. The zero-order valence-corrected chi connectivity index (χ0v) is 15.2. The molecule has 1 amide bonds. The Bertz CT molecular complexity index is 557. The molecule has 0 aromatic heterocycles. The van der Waals surface area contributed by atoms with E-state index in [1.54, 1.807) is 7.05 Å². The fraction of sp³-hybridized carbons (Fsp3) is 0.650. The van der Waals surface area contributed by atoms with Gasteiger partial charge in [0, 0.05) is 39.3 Å². The number of likely N-dealkylation sites (tertiary alicyclic amines) is 1. The molecule has 1 aliphatic heterocycles. The van der Waals surface area contributed by atoms with Crippen molar-refractivity contribution in [2.24, 2.45) is 17.3 Å². The molecule has 2 aliphatic rings. The minimum atomic E-state index is -0.352. The van der Waals surface area contributed by atoms with Gasteiger partial charge in [-0.2, -0.15) is 0 Å². The number of carbonyl (C=O) groups is 1. The highest BCUT2D eigenvalue weighted by Gasteiger charge is 2.42. The van der Waals surface area contributed by atoms with Gasteiger partial charge >= 0.3 is 0 Å². The molecular formula is C20H31N3O. The highest BCUT2D eigenvalue weighted by molar-refractivity contribution is 5.81. The topological polar surface area (TPSA) is 44.4 Å². The summed E-state index contributed by atoms with van der Waals surface area (Å²) >= 11 is 0. The lowest BCUT2D eigenvalue weighted by molar-refractivity contribution is -0.128. The predicted octanol–water partition coefficient (Wildman–Crippen LogP) is 2.26.